The van der Waals surface area contributed by atoms with Crippen LogP contribution in [0.4, 0.5) is 5.69 Å². The predicted molar refractivity (Wildman–Crippen MR) is 70.0 cm³/mol. The Morgan fingerprint density at radius 3 is 3.11 bits per heavy atom. The van der Waals surface area contributed by atoms with E-state index in [0.717, 1.165) is 18.8 Å². The highest BCUT2D eigenvalue weighted by Crippen LogP contribution is 2.30. The highest BCUT2D eigenvalue weighted by Gasteiger charge is 2.23. The van der Waals surface area contributed by atoms with Crippen LogP contribution in [0.15, 0.2) is 12.3 Å². The van der Waals surface area contributed by atoms with E-state index in [1.165, 1.54) is 25.5 Å². The van der Waals surface area contributed by atoms with Gasteiger partial charge in [-0.2, -0.15) is 5.26 Å². The summed E-state index contributed by atoms with van der Waals surface area (Å²) in [6.07, 6.45) is 7.51. The maximum Gasteiger partial charge on any atom is 0.232 e. The first kappa shape index (κ1) is 12.7. The highest BCUT2D eigenvalue weighted by atomic mass is 16.5. The van der Waals surface area contributed by atoms with Crippen molar-refractivity contribution in [3.05, 3.63) is 17.8 Å². The number of hydrogen-bond donors (Lipinski definition) is 1. The van der Waals surface area contributed by atoms with Gasteiger partial charge in [-0.1, -0.05) is 19.8 Å². The van der Waals surface area contributed by atoms with E-state index in [2.05, 4.69) is 18.0 Å². The zero-order valence-corrected chi connectivity index (χ0v) is 10.7. The molecule has 1 fully saturated rings. The molecule has 1 aliphatic rings. The fourth-order valence-electron chi connectivity index (χ4n) is 2.52. The van der Waals surface area contributed by atoms with Crippen molar-refractivity contribution in [3.8, 4) is 11.9 Å². The number of rotatable bonds is 3. The lowest BCUT2D eigenvalue weighted by molar-refractivity contribution is 0.117. The number of pyridine rings is 1. The number of hydrogen-bond acceptors (Lipinski definition) is 4. The van der Waals surface area contributed by atoms with Gasteiger partial charge in [-0.15, -0.1) is 0 Å². The normalized spacial score (nSPS) is 23.3. The zero-order valence-electron chi connectivity index (χ0n) is 10.7. The lowest BCUT2D eigenvalue weighted by atomic mass is 9.85. The van der Waals surface area contributed by atoms with Crippen LogP contribution in [0.5, 0.6) is 5.88 Å². The Morgan fingerprint density at radius 1 is 1.56 bits per heavy atom. The Morgan fingerprint density at radius 2 is 2.39 bits per heavy atom. The third kappa shape index (κ3) is 2.92. The van der Waals surface area contributed by atoms with E-state index in [4.69, 9.17) is 15.7 Å². The molecule has 18 heavy (non-hydrogen) atoms. The fourth-order valence-corrected chi connectivity index (χ4v) is 2.52. The molecule has 0 aromatic carbocycles. The van der Waals surface area contributed by atoms with Crippen molar-refractivity contribution in [1.29, 1.82) is 5.26 Å². The van der Waals surface area contributed by atoms with Gasteiger partial charge in [-0.3, -0.25) is 0 Å². The van der Waals surface area contributed by atoms with Crippen molar-refractivity contribution in [2.24, 2.45) is 5.92 Å². The highest BCUT2D eigenvalue weighted by molar-refractivity contribution is 5.48. The molecule has 2 atom stereocenters. The van der Waals surface area contributed by atoms with Gasteiger partial charge in [0.15, 0.2) is 0 Å². The Balaban J connectivity index is 2.07. The van der Waals surface area contributed by atoms with E-state index in [1.54, 1.807) is 6.07 Å². The second kappa shape index (κ2) is 5.72. The van der Waals surface area contributed by atoms with Crippen molar-refractivity contribution >= 4 is 5.69 Å². The first-order chi connectivity index (χ1) is 8.72. The molecule has 1 aromatic heterocycles. The van der Waals surface area contributed by atoms with Gasteiger partial charge in [0.05, 0.1) is 11.9 Å². The molecular weight excluding hydrogens is 226 g/mol. The molecule has 1 aliphatic carbocycles. The van der Waals surface area contributed by atoms with Crippen molar-refractivity contribution in [1.82, 2.24) is 4.98 Å². The largest absolute Gasteiger partial charge is 0.473 e. The van der Waals surface area contributed by atoms with Crippen LogP contribution < -0.4 is 10.5 Å². The number of anilines is 1. The quantitative estimate of drug-likeness (QED) is 0.888. The van der Waals surface area contributed by atoms with Crippen LogP contribution in [0.3, 0.4) is 0 Å². The van der Waals surface area contributed by atoms with Crippen LogP contribution in [-0.4, -0.2) is 11.1 Å². The molecule has 2 N–H and O–H groups in total. The minimum Gasteiger partial charge on any atom is -0.473 e. The summed E-state index contributed by atoms with van der Waals surface area (Å²) in [4.78, 5) is 4.12. The number of ether oxygens (including phenoxy) is 1. The van der Waals surface area contributed by atoms with E-state index in [9.17, 15) is 0 Å². The molecule has 4 heteroatoms. The van der Waals surface area contributed by atoms with E-state index >= 15 is 0 Å². The van der Waals surface area contributed by atoms with Gasteiger partial charge in [0, 0.05) is 0 Å². The number of nitrogens with two attached hydrogens (primary N) is 1. The average molecular weight is 245 g/mol. The lowest BCUT2D eigenvalue weighted by Gasteiger charge is -2.28. The second-order valence-electron chi connectivity index (χ2n) is 4.91. The summed E-state index contributed by atoms with van der Waals surface area (Å²) < 4.78 is 5.88. The molecule has 0 radical (unpaired) electrons. The summed E-state index contributed by atoms with van der Waals surface area (Å²) >= 11 is 0. The first-order valence-electron chi connectivity index (χ1n) is 6.55. The van der Waals surface area contributed by atoms with E-state index < -0.39 is 0 Å². The standard InChI is InChI=1S/C14H19N3O/c1-2-10-4-3-5-13(6-10)18-14-11(8-15)7-12(16)9-17-14/h7,9-10,13H,2-6,16H2,1H3. The molecular formula is C14H19N3O. The van der Waals surface area contributed by atoms with Gasteiger partial charge in [0.25, 0.3) is 0 Å². The molecule has 0 amide bonds. The minimum absolute atomic E-state index is 0.187. The Kier molecular flexibility index (Phi) is 4.03. The van der Waals surface area contributed by atoms with Crippen LogP contribution >= 0.6 is 0 Å². The van der Waals surface area contributed by atoms with Gasteiger partial charge >= 0.3 is 0 Å². The van der Waals surface area contributed by atoms with Gasteiger partial charge < -0.3 is 10.5 Å². The molecule has 4 nitrogen and oxygen atoms in total. The monoisotopic (exact) mass is 245 g/mol. The molecule has 0 saturated heterocycles. The maximum absolute atomic E-state index is 9.04. The summed E-state index contributed by atoms with van der Waals surface area (Å²) in [5.74, 6) is 1.16. The van der Waals surface area contributed by atoms with Crippen LogP contribution in [0.2, 0.25) is 0 Å². The molecule has 0 bridgehead atoms. The van der Waals surface area contributed by atoms with E-state index in [0.29, 0.717) is 17.1 Å². The molecule has 0 spiro atoms. The third-order valence-corrected chi connectivity index (χ3v) is 3.58. The third-order valence-electron chi connectivity index (χ3n) is 3.58. The molecule has 2 rings (SSSR count). The molecule has 0 aliphatic heterocycles. The molecule has 1 saturated carbocycles. The average Bonchev–Trinajstić information content (AvgIpc) is 2.41. The van der Waals surface area contributed by atoms with Crippen LogP contribution in [0, 0.1) is 17.2 Å². The predicted octanol–water partition coefficient (Wildman–Crippen LogP) is 2.88. The summed E-state index contributed by atoms with van der Waals surface area (Å²) in [5, 5.41) is 9.04. The van der Waals surface area contributed by atoms with Crippen molar-refractivity contribution in [2.75, 3.05) is 5.73 Å². The van der Waals surface area contributed by atoms with Gasteiger partial charge in [0.1, 0.15) is 17.7 Å². The van der Waals surface area contributed by atoms with Crippen molar-refractivity contribution in [3.63, 3.8) is 0 Å². The Labute approximate surface area is 108 Å². The fraction of sp³-hybridized carbons (Fsp3) is 0.571. The molecule has 1 heterocycles. The SMILES string of the molecule is CCC1CCCC(Oc2ncc(N)cc2C#N)C1. The molecule has 1 aromatic rings. The summed E-state index contributed by atoms with van der Waals surface area (Å²) in [5.41, 5.74) is 6.53. The van der Waals surface area contributed by atoms with E-state index in [1.807, 2.05) is 0 Å². The van der Waals surface area contributed by atoms with Gasteiger partial charge in [-0.05, 0) is 31.2 Å². The van der Waals surface area contributed by atoms with Gasteiger partial charge in [0.2, 0.25) is 5.88 Å². The topological polar surface area (TPSA) is 71.9 Å². The summed E-state index contributed by atoms with van der Waals surface area (Å²) in [6, 6.07) is 3.70. The van der Waals surface area contributed by atoms with Crippen LogP contribution in [0.25, 0.3) is 0 Å². The van der Waals surface area contributed by atoms with Crippen LogP contribution in [-0.2, 0) is 0 Å². The first-order valence-corrected chi connectivity index (χ1v) is 6.55. The second-order valence-corrected chi connectivity index (χ2v) is 4.91. The van der Waals surface area contributed by atoms with Gasteiger partial charge in [-0.25, -0.2) is 4.98 Å². The minimum atomic E-state index is 0.187. The zero-order chi connectivity index (χ0) is 13.0. The summed E-state index contributed by atoms with van der Waals surface area (Å²) in [7, 11) is 0. The molecule has 96 valence electrons. The lowest BCUT2D eigenvalue weighted by Crippen LogP contribution is -2.25. The Bertz CT molecular complexity index is 453. The Hall–Kier alpha value is -1.76. The summed E-state index contributed by atoms with van der Waals surface area (Å²) in [6.45, 7) is 2.22. The van der Waals surface area contributed by atoms with Crippen molar-refractivity contribution in [2.45, 2.75) is 45.1 Å². The number of nitriles is 1. The number of aromatic nitrogens is 1. The van der Waals surface area contributed by atoms with E-state index in [-0.39, 0.29) is 6.10 Å². The molecule has 2 unspecified atom stereocenters. The van der Waals surface area contributed by atoms with Crippen molar-refractivity contribution < 1.29 is 4.74 Å². The van der Waals surface area contributed by atoms with Crippen LogP contribution in [0.1, 0.15) is 44.6 Å². The number of nitrogen functional groups attached to an aromatic ring is 1. The maximum atomic E-state index is 9.04. The number of nitrogens with zero attached hydrogens (tertiary/aromatic N) is 2. The smallest absolute Gasteiger partial charge is 0.232 e.